The van der Waals surface area contributed by atoms with Crippen LogP contribution in [-0.4, -0.2) is 16.3 Å². The van der Waals surface area contributed by atoms with Crippen LogP contribution in [0.5, 0.6) is 0 Å². The number of furan rings is 1. The third-order valence-corrected chi connectivity index (χ3v) is 2.97. The minimum atomic E-state index is -4.36. The molecule has 2 aromatic rings. The van der Waals surface area contributed by atoms with E-state index in [0.29, 0.717) is 12.5 Å². The Hall–Kier alpha value is -1.76. The molecule has 2 aromatic heterocycles. The zero-order chi connectivity index (χ0) is 15.5. The summed E-state index contributed by atoms with van der Waals surface area (Å²) in [6.07, 6.45) is -0.999. The summed E-state index contributed by atoms with van der Waals surface area (Å²) in [7, 11) is 0. The van der Waals surface area contributed by atoms with E-state index in [4.69, 9.17) is 4.42 Å². The predicted molar refractivity (Wildman–Crippen MR) is 71.6 cm³/mol. The van der Waals surface area contributed by atoms with Gasteiger partial charge in [0.2, 0.25) is 0 Å². The Balaban J connectivity index is 2.00. The molecule has 0 spiro atoms. The van der Waals surface area contributed by atoms with Crippen LogP contribution in [-0.2, 0) is 19.3 Å². The first-order valence-electron chi connectivity index (χ1n) is 6.72. The predicted octanol–water partition coefficient (Wildman–Crippen LogP) is 3.29. The number of aromatic nitrogens is 2. The van der Waals surface area contributed by atoms with E-state index < -0.39 is 11.7 Å². The lowest BCUT2D eigenvalue weighted by atomic mass is 10.2. The molecule has 116 valence electrons. The van der Waals surface area contributed by atoms with Crippen molar-refractivity contribution in [1.82, 2.24) is 15.1 Å². The molecule has 0 aliphatic rings. The fourth-order valence-corrected chi connectivity index (χ4v) is 1.91. The molecule has 0 fully saturated rings. The Morgan fingerprint density at radius 2 is 2.14 bits per heavy atom. The van der Waals surface area contributed by atoms with Crippen molar-refractivity contribution in [2.24, 2.45) is 5.92 Å². The first-order chi connectivity index (χ1) is 9.86. The summed E-state index contributed by atoms with van der Waals surface area (Å²) in [4.78, 5) is 0. The van der Waals surface area contributed by atoms with E-state index in [1.54, 1.807) is 6.07 Å². The van der Waals surface area contributed by atoms with Crippen molar-refractivity contribution in [2.45, 2.75) is 33.1 Å². The summed E-state index contributed by atoms with van der Waals surface area (Å²) in [5, 5.41) is 6.98. The van der Waals surface area contributed by atoms with Crippen LogP contribution in [0.15, 0.2) is 29.1 Å². The largest absolute Gasteiger partial charge is 0.468 e. The van der Waals surface area contributed by atoms with Gasteiger partial charge in [0, 0.05) is 11.8 Å². The molecule has 2 heterocycles. The summed E-state index contributed by atoms with van der Waals surface area (Å²) in [5.74, 6) is 1.24. The van der Waals surface area contributed by atoms with E-state index in [0.717, 1.165) is 30.3 Å². The van der Waals surface area contributed by atoms with Gasteiger partial charge in [0.15, 0.2) is 0 Å². The molecule has 4 nitrogen and oxygen atoms in total. The third kappa shape index (κ3) is 4.35. The molecule has 0 atom stereocenters. The molecule has 21 heavy (non-hydrogen) atoms. The van der Waals surface area contributed by atoms with E-state index in [9.17, 15) is 13.2 Å². The van der Waals surface area contributed by atoms with Gasteiger partial charge in [-0.3, -0.25) is 4.68 Å². The van der Waals surface area contributed by atoms with Crippen LogP contribution in [0.3, 0.4) is 0 Å². The first kappa shape index (κ1) is 15.6. The first-order valence-corrected chi connectivity index (χ1v) is 6.72. The molecule has 0 saturated carbocycles. The summed E-state index contributed by atoms with van der Waals surface area (Å²) >= 11 is 0. The van der Waals surface area contributed by atoms with E-state index in [1.165, 1.54) is 10.9 Å². The molecule has 0 aliphatic heterocycles. The van der Waals surface area contributed by atoms with Crippen LogP contribution < -0.4 is 5.32 Å². The van der Waals surface area contributed by atoms with E-state index in [1.807, 2.05) is 0 Å². The van der Waals surface area contributed by atoms with Crippen LogP contribution in [0.1, 0.15) is 30.7 Å². The quantitative estimate of drug-likeness (QED) is 0.890. The maximum atomic E-state index is 12.5. The van der Waals surface area contributed by atoms with Crippen LogP contribution in [0, 0.1) is 5.92 Å². The topological polar surface area (TPSA) is 43.0 Å². The molecule has 0 unspecified atom stereocenters. The van der Waals surface area contributed by atoms with Gasteiger partial charge in [0.1, 0.15) is 5.76 Å². The molecule has 7 heteroatoms. The van der Waals surface area contributed by atoms with Crippen LogP contribution in [0.25, 0.3) is 0 Å². The fraction of sp³-hybridized carbons (Fsp3) is 0.500. The van der Waals surface area contributed by atoms with E-state index >= 15 is 0 Å². The van der Waals surface area contributed by atoms with Crippen LogP contribution in [0.4, 0.5) is 13.2 Å². The number of nitrogens with one attached hydrogen (secondary N) is 1. The lowest BCUT2D eigenvalue weighted by Crippen LogP contribution is -2.19. The summed E-state index contributed by atoms with van der Waals surface area (Å²) in [6, 6.07) is 1.75. The summed E-state index contributed by atoms with van der Waals surface area (Å²) in [6.45, 7) is 5.84. The van der Waals surface area contributed by atoms with Gasteiger partial charge in [0.25, 0.3) is 0 Å². The summed E-state index contributed by atoms with van der Waals surface area (Å²) < 4.78 is 44.2. The van der Waals surface area contributed by atoms with Gasteiger partial charge in [0.05, 0.1) is 31.1 Å². The molecule has 2 rings (SSSR count). The lowest BCUT2D eigenvalue weighted by Gasteiger charge is -2.07. The Labute approximate surface area is 120 Å². The normalized spacial score (nSPS) is 12.3. The van der Waals surface area contributed by atoms with Crippen molar-refractivity contribution in [3.63, 3.8) is 0 Å². The number of hydrogen-bond acceptors (Lipinski definition) is 3. The van der Waals surface area contributed by atoms with Crippen LogP contribution in [0.2, 0.25) is 0 Å². The van der Waals surface area contributed by atoms with Gasteiger partial charge < -0.3 is 9.73 Å². The number of alkyl halides is 3. The van der Waals surface area contributed by atoms with Crippen molar-refractivity contribution < 1.29 is 17.6 Å². The van der Waals surface area contributed by atoms with Crippen molar-refractivity contribution in [2.75, 3.05) is 6.54 Å². The third-order valence-electron chi connectivity index (χ3n) is 2.97. The van der Waals surface area contributed by atoms with Gasteiger partial charge in [-0.15, -0.1) is 0 Å². The number of hydrogen-bond donors (Lipinski definition) is 1. The second kappa shape index (κ2) is 6.34. The van der Waals surface area contributed by atoms with Crippen LogP contribution >= 0.6 is 0 Å². The zero-order valence-corrected chi connectivity index (χ0v) is 11.9. The molecule has 0 aliphatic carbocycles. The maximum Gasteiger partial charge on any atom is 0.419 e. The van der Waals surface area contributed by atoms with Gasteiger partial charge in [-0.05, 0) is 18.5 Å². The zero-order valence-electron chi connectivity index (χ0n) is 11.9. The highest BCUT2D eigenvalue weighted by Gasteiger charge is 2.32. The average Bonchev–Trinajstić information content (AvgIpc) is 2.99. The van der Waals surface area contributed by atoms with Gasteiger partial charge >= 0.3 is 6.18 Å². The highest BCUT2D eigenvalue weighted by molar-refractivity contribution is 5.18. The maximum absolute atomic E-state index is 12.5. The molecule has 0 saturated heterocycles. The number of halogens is 3. The lowest BCUT2D eigenvalue weighted by molar-refractivity contribution is -0.137. The van der Waals surface area contributed by atoms with Gasteiger partial charge in [-0.1, -0.05) is 13.8 Å². The average molecular weight is 301 g/mol. The highest BCUT2D eigenvalue weighted by Crippen LogP contribution is 2.28. The molecule has 0 aromatic carbocycles. The molecular formula is C14H18F3N3O. The number of nitrogens with zero attached hydrogens (tertiary/aromatic N) is 2. The Bertz CT molecular complexity index is 572. The van der Waals surface area contributed by atoms with Crippen molar-refractivity contribution in [1.29, 1.82) is 0 Å². The van der Waals surface area contributed by atoms with Crippen molar-refractivity contribution in [3.8, 4) is 0 Å². The molecule has 1 N–H and O–H groups in total. The monoisotopic (exact) mass is 301 g/mol. The Morgan fingerprint density at radius 1 is 1.38 bits per heavy atom. The highest BCUT2D eigenvalue weighted by atomic mass is 19.4. The minimum Gasteiger partial charge on any atom is -0.468 e. The van der Waals surface area contributed by atoms with Crippen molar-refractivity contribution >= 4 is 0 Å². The summed E-state index contributed by atoms with van der Waals surface area (Å²) in [5.41, 5.74) is 0.0774. The van der Waals surface area contributed by atoms with Gasteiger partial charge in [-0.25, -0.2) is 0 Å². The Kier molecular flexibility index (Phi) is 4.72. The molecule has 0 radical (unpaired) electrons. The molecular weight excluding hydrogens is 283 g/mol. The Morgan fingerprint density at radius 3 is 2.76 bits per heavy atom. The molecule has 0 bridgehead atoms. The van der Waals surface area contributed by atoms with Gasteiger partial charge in [-0.2, -0.15) is 18.3 Å². The smallest absolute Gasteiger partial charge is 0.419 e. The fourth-order valence-electron chi connectivity index (χ4n) is 1.91. The standard InChI is InChI=1S/C14H18F3N3O/c1-10(2)5-18-7-13-11(3-4-21-13)8-20-9-12(6-19-20)14(15,16)17/h3-4,6,9-10,18H,5,7-8H2,1-2H3. The van der Waals surface area contributed by atoms with E-state index in [2.05, 4.69) is 24.3 Å². The van der Waals surface area contributed by atoms with Crippen molar-refractivity contribution in [3.05, 3.63) is 41.6 Å². The molecule has 0 amide bonds. The minimum absolute atomic E-state index is 0.255. The van der Waals surface area contributed by atoms with E-state index in [-0.39, 0.29) is 6.54 Å². The second-order valence-electron chi connectivity index (χ2n) is 5.32. The number of rotatable bonds is 6. The SMILES string of the molecule is CC(C)CNCc1occc1Cn1cc(C(F)(F)F)cn1. The second-order valence-corrected chi connectivity index (χ2v) is 5.32.